The number of nitrogens with zero attached hydrogens (tertiary/aromatic N) is 2. The van der Waals surface area contributed by atoms with E-state index in [1.807, 2.05) is 36.1 Å². The molecule has 1 fully saturated rings. The van der Waals surface area contributed by atoms with Crippen molar-refractivity contribution in [3.63, 3.8) is 0 Å². The Kier molecular flexibility index (Phi) is 9.83. The van der Waals surface area contributed by atoms with Gasteiger partial charge < -0.3 is 25.1 Å². The van der Waals surface area contributed by atoms with Crippen LogP contribution in [-0.4, -0.2) is 48.1 Å². The maximum atomic E-state index is 12.6. The minimum Gasteiger partial charge on any atom is -0.466 e. The lowest BCUT2D eigenvalue weighted by Gasteiger charge is -2.26. The van der Waals surface area contributed by atoms with Gasteiger partial charge in [0.05, 0.1) is 19.4 Å². The Morgan fingerprint density at radius 1 is 1.16 bits per heavy atom. The summed E-state index contributed by atoms with van der Waals surface area (Å²) >= 11 is 0. The average Bonchev–Trinajstić information content (AvgIpc) is 3.32. The van der Waals surface area contributed by atoms with Gasteiger partial charge in [-0.2, -0.15) is 0 Å². The van der Waals surface area contributed by atoms with Crippen molar-refractivity contribution in [2.24, 2.45) is 4.99 Å². The van der Waals surface area contributed by atoms with Crippen molar-refractivity contribution in [2.45, 2.75) is 45.3 Å². The van der Waals surface area contributed by atoms with Gasteiger partial charge in [-0.25, -0.2) is 4.99 Å². The van der Waals surface area contributed by atoms with Crippen molar-refractivity contribution < 1.29 is 14.3 Å². The third-order valence-electron chi connectivity index (χ3n) is 5.26. The highest BCUT2D eigenvalue weighted by Crippen LogP contribution is 2.19. The van der Waals surface area contributed by atoms with Gasteiger partial charge in [-0.15, -0.1) is 24.0 Å². The second-order valence-corrected chi connectivity index (χ2v) is 7.85. The maximum absolute atomic E-state index is 12.6. The Morgan fingerprint density at radius 3 is 2.48 bits per heavy atom. The molecule has 0 radical (unpaired) electrons. The van der Waals surface area contributed by atoms with E-state index >= 15 is 0 Å². The molecule has 31 heavy (non-hydrogen) atoms. The molecule has 2 heterocycles. The number of carbonyl (C=O) groups excluding carboxylic acids is 1. The van der Waals surface area contributed by atoms with Crippen molar-refractivity contribution in [3.8, 4) is 0 Å². The molecular weight excluding hydrogens is 507 g/mol. The number of aliphatic hydroxyl groups is 1. The molecule has 2 aromatic rings. The van der Waals surface area contributed by atoms with Crippen LogP contribution in [0.5, 0.6) is 0 Å². The monoisotopic (exact) mass is 540 g/mol. The van der Waals surface area contributed by atoms with Crippen LogP contribution in [0.3, 0.4) is 0 Å². The number of benzene rings is 1. The second-order valence-electron chi connectivity index (χ2n) is 7.85. The van der Waals surface area contributed by atoms with E-state index in [9.17, 15) is 9.90 Å². The summed E-state index contributed by atoms with van der Waals surface area (Å²) in [4.78, 5) is 19.1. The van der Waals surface area contributed by atoms with E-state index in [1.54, 1.807) is 25.3 Å². The number of nitrogens with one attached hydrogen (secondary N) is 2. The number of hydrogen-bond donors (Lipinski definition) is 3. The molecule has 170 valence electrons. The van der Waals surface area contributed by atoms with Crippen LogP contribution in [0.4, 0.5) is 0 Å². The first kappa shape index (κ1) is 25.2. The summed E-state index contributed by atoms with van der Waals surface area (Å²) in [6.07, 6.45) is 4.93. The zero-order chi connectivity index (χ0) is 21.4. The molecule has 7 nitrogen and oxygen atoms in total. The molecule has 1 aromatic heterocycles. The van der Waals surface area contributed by atoms with Gasteiger partial charge in [0.1, 0.15) is 11.4 Å². The van der Waals surface area contributed by atoms with Crippen LogP contribution >= 0.6 is 24.0 Å². The molecule has 3 rings (SSSR count). The first-order valence-corrected chi connectivity index (χ1v) is 10.7. The quantitative estimate of drug-likeness (QED) is 0.284. The molecule has 0 aliphatic carbocycles. The highest BCUT2D eigenvalue weighted by atomic mass is 127. The van der Waals surface area contributed by atoms with E-state index in [-0.39, 0.29) is 36.4 Å². The van der Waals surface area contributed by atoms with Crippen LogP contribution in [0.2, 0.25) is 0 Å². The van der Waals surface area contributed by atoms with E-state index in [2.05, 4.69) is 15.6 Å². The number of piperidine rings is 1. The van der Waals surface area contributed by atoms with Gasteiger partial charge in [0.15, 0.2) is 5.96 Å². The zero-order valence-electron chi connectivity index (χ0n) is 18.3. The fourth-order valence-corrected chi connectivity index (χ4v) is 3.47. The maximum Gasteiger partial charge on any atom is 0.253 e. The summed E-state index contributed by atoms with van der Waals surface area (Å²) in [5.41, 5.74) is 0.597. The number of carbonyl (C=O) groups is 1. The number of hydrogen-bond acceptors (Lipinski definition) is 4. The minimum atomic E-state index is -1.14. The highest BCUT2D eigenvalue weighted by Gasteiger charge is 2.26. The van der Waals surface area contributed by atoms with Gasteiger partial charge >= 0.3 is 0 Å². The lowest BCUT2D eigenvalue weighted by molar-refractivity contribution is 0.0386. The van der Waals surface area contributed by atoms with Gasteiger partial charge in [-0.1, -0.05) is 12.1 Å². The Balaban J connectivity index is 0.00000341. The lowest BCUT2D eigenvalue weighted by atomic mass is 10.0. The second kappa shape index (κ2) is 12.1. The van der Waals surface area contributed by atoms with Crippen LogP contribution in [-0.2, 0) is 12.1 Å². The van der Waals surface area contributed by atoms with Crippen molar-refractivity contribution in [3.05, 3.63) is 59.5 Å². The minimum absolute atomic E-state index is 0. The summed E-state index contributed by atoms with van der Waals surface area (Å²) in [7, 11) is 0. The number of furan rings is 1. The molecule has 0 spiro atoms. The van der Waals surface area contributed by atoms with Crippen LogP contribution in [0.1, 0.15) is 54.8 Å². The zero-order valence-corrected chi connectivity index (χ0v) is 20.6. The Labute approximate surface area is 201 Å². The summed E-state index contributed by atoms with van der Waals surface area (Å²) in [5.74, 6) is 1.22. The summed E-state index contributed by atoms with van der Waals surface area (Å²) in [6.45, 7) is 6.82. The summed E-state index contributed by atoms with van der Waals surface area (Å²) in [5, 5.41) is 16.9. The number of likely N-dealkylation sites (tertiary alicyclic amines) is 1. The molecule has 0 saturated carbocycles. The van der Waals surface area contributed by atoms with Crippen molar-refractivity contribution in [2.75, 3.05) is 26.2 Å². The molecule has 1 unspecified atom stereocenters. The SMILES string of the molecule is CCNC(=NCc1ccc(C(=O)N2CCCCC2)cc1)NCC(C)(O)c1ccco1.I. The number of halogens is 1. The normalized spacial score (nSPS) is 16.2. The van der Waals surface area contributed by atoms with Crippen LogP contribution in [0.25, 0.3) is 0 Å². The lowest BCUT2D eigenvalue weighted by Crippen LogP contribution is -2.44. The van der Waals surface area contributed by atoms with Gasteiger partial charge in [0.25, 0.3) is 5.91 Å². The third-order valence-corrected chi connectivity index (χ3v) is 5.26. The van der Waals surface area contributed by atoms with Crippen LogP contribution in [0, 0.1) is 0 Å². The van der Waals surface area contributed by atoms with E-state index < -0.39 is 5.60 Å². The average molecular weight is 540 g/mol. The van der Waals surface area contributed by atoms with Gasteiger partial charge in [-0.3, -0.25) is 4.79 Å². The molecule has 0 bridgehead atoms. The van der Waals surface area contributed by atoms with Gasteiger partial charge in [-0.05, 0) is 62.9 Å². The summed E-state index contributed by atoms with van der Waals surface area (Å²) in [6, 6.07) is 11.2. The highest BCUT2D eigenvalue weighted by molar-refractivity contribution is 14.0. The van der Waals surface area contributed by atoms with E-state index in [0.717, 1.165) is 37.1 Å². The Hall–Kier alpha value is -2.07. The van der Waals surface area contributed by atoms with Crippen LogP contribution < -0.4 is 10.6 Å². The predicted molar refractivity (Wildman–Crippen MR) is 133 cm³/mol. The number of guanidine groups is 1. The number of amides is 1. The molecule has 1 atom stereocenters. The third kappa shape index (κ3) is 7.24. The molecule has 1 saturated heterocycles. The van der Waals surface area contributed by atoms with E-state index in [0.29, 0.717) is 24.8 Å². The molecular formula is C23H33IN4O3. The van der Waals surface area contributed by atoms with Crippen LogP contribution in [0.15, 0.2) is 52.1 Å². The van der Waals surface area contributed by atoms with E-state index in [4.69, 9.17) is 4.42 Å². The Bertz CT molecular complexity index is 829. The fourth-order valence-electron chi connectivity index (χ4n) is 3.47. The molecule has 1 amide bonds. The Morgan fingerprint density at radius 2 is 1.87 bits per heavy atom. The topological polar surface area (TPSA) is 90.1 Å². The van der Waals surface area contributed by atoms with Crippen molar-refractivity contribution in [1.29, 1.82) is 0 Å². The molecule has 1 aromatic carbocycles. The predicted octanol–water partition coefficient (Wildman–Crippen LogP) is 3.49. The number of rotatable bonds is 7. The molecule has 3 N–H and O–H groups in total. The molecule has 8 heteroatoms. The first-order chi connectivity index (χ1) is 14.5. The fraction of sp³-hybridized carbons (Fsp3) is 0.478. The van der Waals surface area contributed by atoms with Crippen molar-refractivity contribution in [1.82, 2.24) is 15.5 Å². The molecule has 1 aliphatic rings. The van der Waals surface area contributed by atoms with Gasteiger partial charge in [0.2, 0.25) is 0 Å². The smallest absolute Gasteiger partial charge is 0.253 e. The largest absolute Gasteiger partial charge is 0.466 e. The summed E-state index contributed by atoms with van der Waals surface area (Å²) < 4.78 is 5.31. The van der Waals surface area contributed by atoms with Gasteiger partial charge in [0, 0.05) is 25.2 Å². The van der Waals surface area contributed by atoms with E-state index in [1.165, 1.54) is 6.42 Å². The van der Waals surface area contributed by atoms with Crippen molar-refractivity contribution >= 4 is 35.8 Å². The standard InChI is InChI=1S/C23H32N4O3.HI/c1-3-24-22(26-17-23(2,29)20-8-7-15-30-20)25-16-18-9-11-19(12-10-18)21(28)27-13-5-4-6-14-27;/h7-12,15,29H,3-6,13-14,16-17H2,1-2H3,(H2,24,25,26);1H. The first-order valence-electron chi connectivity index (χ1n) is 10.7. The number of aliphatic imine (C=N–C) groups is 1. The molecule has 1 aliphatic heterocycles.